The van der Waals surface area contributed by atoms with Gasteiger partial charge in [-0.3, -0.25) is 12.2 Å². The van der Waals surface area contributed by atoms with Gasteiger partial charge in [0.05, 0.1) is 0 Å². The monoisotopic (exact) mass is 470 g/mol. The average Bonchev–Trinajstić information content (AvgIpc) is 3.20. The molecule has 0 radical (unpaired) electrons. The fourth-order valence-electron chi connectivity index (χ4n) is 3.97. The Morgan fingerprint density at radius 1 is 0.517 bits per heavy atom. The summed E-state index contributed by atoms with van der Waals surface area (Å²) in [5, 5.41) is 0. The van der Waals surface area contributed by atoms with Crippen LogP contribution in [0.25, 0.3) is 0 Å². The summed E-state index contributed by atoms with van der Waals surface area (Å²) in [4.78, 5) is 0. The first kappa shape index (κ1) is 29.4. The molecule has 0 aromatic rings. The number of hydrogen-bond donors (Lipinski definition) is 0. The third-order valence-electron chi connectivity index (χ3n) is 5.92. The summed E-state index contributed by atoms with van der Waals surface area (Å²) in [7, 11) is 0. The molecule has 0 saturated heterocycles. The maximum absolute atomic E-state index is 3.65. The number of hydrogen-bond acceptors (Lipinski definition) is 0. The summed E-state index contributed by atoms with van der Waals surface area (Å²) in [5.41, 5.74) is 5.97. The van der Waals surface area contributed by atoms with E-state index < -0.39 is 0 Å². The Morgan fingerprint density at radius 2 is 0.793 bits per heavy atom. The largest absolute Gasteiger partial charge is 2.00 e. The van der Waals surface area contributed by atoms with Gasteiger partial charge >= 0.3 is 45.5 Å². The van der Waals surface area contributed by atoms with Crippen LogP contribution in [0, 0.1) is 59.5 Å². The van der Waals surface area contributed by atoms with Gasteiger partial charge in [0.1, 0.15) is 0 Å². The second kappa shape index (κ2) is 13.1. The molecule has 0 saturated carbocycles. The maximum Gasteiger partial charge on any atom is 2.00 e. The van der Waals surface area contributed by atoms with E-state index in [1.807, 2.05) is 0 Å². The van der Waals surface area contributed by atoms with E-state index in [0.29, 0.717) is 47.3 Å². The van der Waals surface area contributed by atoms with Crippen LogP contribution in [0.5, 0.6) is 0 Å². The van der Waals surface area contributed by atoms with E-state index in [0.717, 1.165) is 0 Å². The summed E-state index contributed by atoms with van der Waals surface area (Å²) < 4.78 is 0. The van der Waals surface area contributed by atoms with Crippen molar-refractivity contribution in [3.05, 3.63) is 46.6 Å². The minimum atomic E-state index is 0. The molecule has 0 amide bonds. The van der Waals surface area contributed by atoms with Crippen LogP contribution in [0.3, 0.4) is 0 Å². The van der Waals surface area contributed by atoms with E-state index in [2.05, 4.69) is 107 Å². The minimum Gasteiger partial charge on any atom is -0.265 e. The molecule has 1 heteroatoms. The summed E-state index contributed by atoms with van der Waals surface area (Å²) in [5.74, 6) is 5.04. The van der Waals surface area contributed by atoms with Gasteiger partial charge in [-0.1, -0.05) is 119 Å². The van der Waals surface area contributed by atoms with Gasteiger partial charge in [-0.05, 0) is 11.8 Å². The van der Waals surface area contributed by atoms with Gasteiger partial charge in [0.15, 0.2) is 0 Å². The Balaban J connectivity index is 0.000000523. The van der Waals surface area contributed by atoms with Gasteiger partial charge in [-0.25, -0.2) is 23.3 Å². The third kappa shape index (κ3) is 8.47. The fraction of sp³-hybridized carbons (Fsp3) is 0.714. The second-order valence-electron chi connectivity index (χ2n) is 10.6. The Hall–Kier alpha value is 0.441. The summed E-state index contributed by atoms with van der Waals surface area (Å²) in [6.45, 7) is 27.3. The Kier molecular flexibility index (Phi) is 13.3. The van der Waals surface area contributed by atoms with E-state index in [-0.39, 0.29) is 45.5 Å². The molecular weight excluding hydrogens is 424 g/mol. The molecule has 0 heterocycles. The molecule has 0 bridgehead atoms. The zero-order valence-corrected chi connectivity index (χ0v) is 25.0. The predicted octanol–water partition coefficient (Wildman–Crippen LogP) is 8.10. The van der Waals surface area contributed by atoms with E-state index >= 15 is 0 Å². The van der Waals surface area contributed by atoms with Crippen LogP contribution in [0.4, 0.5) is 0 Å². The van der Waals surface area contributed by atoms with Crippen LogP contribution in [0.15, 0.2) is 34.4 Å². The molecule has 0 spiro atoms. The fourth-order valence-corrected chi connectivity index (χ4v) is 3.97. The quantitative estimate of drug-likeness (QED) is 0.272. The van der Waals surface area contributed by atoms with Gasteiger partial charge in [0, 0.05) is 0 Å². The molecular formula is C28H46Sr. The van der Waals surface area contributed by atoms with Gasteiger partial charge in [-0.2, -0.15) is 11.1 Å². The van der Waals surface area contributed by atoms with Crippen molar-refractivity contribution in [2.24, 2.45) is 47.3 Å². The van der Waals surface area contributed by atoms with Gasteiger partial charge in [-0.15, -0.1) is 0 Å². The molecule has 160 valence electrons. The van der Waals surface area contributed by atoms with E-state index in [9.17, 15) is 0 Å². The standard InChI is InChI=1S/2C14H23.Sr/c2*1-9(2)12-7-13(10(3)4)14(8-12)11(5)6;/h2*7,9-11,14H,1-6H3;/q2*-1;+2. The molecule has 0 fully saturated rings. The van der Waals surface area contributed by atoms with Crippen molar-refractivity contribution in [2.75, 3.05) is 0 Å². The number of rotatable bonds is 6. The smallest absolute Gasteiger partial charge is 0.265 e. The van der Waals surface area contributed by atoms with Gasteiger partial charge in [0.25, 0.3) is 0 Å². The zero-order valence-electron chi connectivity index (χ0n) is 21.5. The van der Waals surface area contributed by atoms with Crippen molar-refractivity contribution in [1.29, 1.82) is 0 Å². The van der Waals surface area contributed by atoms with Crippen LogP contribution in [-0.2, 0) is 0 Å². The van der Waals surface area contributed by atoms with E-state index in [4.69, 9.17) is 0 Å². The molecule has 0 N–H and O–H groups in total. The Labute approximate surface area is 220 Å². The van der Waals surface area contributed by atoms with E-state index in [1.54, 1.807) is 11.1 Å². The van der Waals surface area contributed by atoms with Crippen LogP contribution in [0.1, 0.15) is 83.1 Å². The van der Waals surface area contributed by atoms with Crippen molar-refractivity contribution >= 4 is 45.5 Å². The van der Waals surface area contributed by atoms with E-state index in [1.165, 1.54) is 11.1 Å². The minimum absolute atomic E-state index is 0. The first-order chi connectivity index (χ1) is 12.9. The molecule has 29 heavy (non-hydrogen) atoms. The summed E-state index contributed by atoms with van der Waals surface area (Å²) in [6, 6.07) is 0. The second-order valence-corrected chi connectivity index (χ2v) is 10.6. The third-order valence-corrected chi connectivity index (χ3v) is 5.92. The Bertz CT molecular complexity index is 565. The van der Waals surface area contributed by atoms with Crippen molar-refractivity contribution in [1.82, 2.24) is 0 Å². The number of allylic oxidation sites excluding steroid dienone is 8. The molecule has 0 nitrogen and oxygen atoms in total. The van der Waals surface area contributed by atoms with Crippen LogP contribution < -0.4 is 0 Å². The van der Waals surface area contributed by atoms with Gasteiger partial charge in [0.2, 0.25) is 0 Å². The van der Waals surface area contributed by atoms with Crippen molar-refractivity contribution in [2.45, 2.75) is 83.1 Å². The predicted molar refractivity (Wildman–Crippen MR) is 131 cm³/mol. The average molecular weight is 470 g/mol. The first-order valence-electron chi connectivity index (χ1n) is 11.6. The Morgan fingerprint density at radius 3 is 0.931 bits per heavy atom. The zero-order chi connectivity index (χ0) is 21.8. The maximum atomic E-state index is 3.65. The van der Waals surface area contributed by atoms with Crippen LogP contribution >= 0.6 is 0 Å². The molecule has 2 unspecified atom stereocenters. The molecule has 2 aliphatic rings. The summed E-state index contributed by atoms with van der Waals surface area (Å²) >= 11 is 0. The van der Waals surface area contributed by atoms with Crippen molar-refractivity contribution in [3.63, 3.8) is 0 Å². The molecule has 2 atom stereocenters. The molecule has 0 aromatic heterocycles. The van der Waals surface area contributed by atoms with Crippen LogP contribution in [-0.4, -0.2) is 45.5 Å². The van der Waals surface area contributed by atoms with Crippen molar-refractivity contribution < 1.29 is 0 Å². The van der Waals surface area contributed by atoms with Crippen molar-refractivity contribution in [3.8, 4) is 0 Å². The van der Waals surface area contributed by atoms with Crippen LogP contribution in [0.2, 0.25) is 0 Å². The topological polar surface area (TPSA) is 0 Å². The molecule has 0 aromatic carbocycles. The summed E-state index contributed by atoms with van der Waals surface area (Å²) in [6.07, 6.45) is 12.0. The first-order valence-corrected chi connectivity index (χ1v) is 11.6. The normalized spacial score (nSPS) is 21.4. The molecule has 2 aliphatic carbocycles. The SMILES string of the molecule is CC(C)C1=[C-]C(C(C)C)C(C(C)C)=C1.CC(C)C1=[C-]C(C(C)C)C(C(C)C)=C1.[Sr+2]. The molecule has 0 aliphatic heterocycles. The van der Waals surface area contributed by atoms with Gasteiger partial charge < -0.3 is 0 Å². The molecule has 2 rings (SSSR count).